The third-order valence-corrected chi connectivity index (χ3v) is 5.88. The summed E-state index contributed by atoms with van der Waals surface area (Å²) in [6.45, 7) is 1.46. The summed E-state index contributed by atoms with van der Waals surface area (Å²) in [4.78, 5) is 39.4. The van der Waals surface area contributed by atoms with E-state index < -0.39 is 35.5 Å². The van der Waals surface area contributed by atoms with Crippen molar-refractivity contribution in [3.63, 3.8) is 0 Å². The molecule has 0 saturated carbocycles. The van der Waals surface area contributed by atoms with Crippen molar-refractivity contribution in [2.45, 2.75) is 19.1 Å². The molecule has 0 aliphatic carbocycles. The monoisotopic (exact) mass is 528 g/mol. The van der Waals surface area contributed by atoms with Crippen LogP contribution in [0.2, 0.25) is 0 Å². The zero-order valence-corrected chi connectivity index (χ0v) is 20.1. The molecule has 1 aromatic heterocycles. The molecule has 0 spiro atoms. The SMILES string of the molecule is COC(=O)Nc1cc(C#N)ccc1C1C(C(=O)OC)=C(C)N(c2cccc(C(F)(F)F)c2)c2n[nH]c(=O)n21. The lowest BCUT2D eigenvalue weighted by Crippen LogP contribution is -2.38. The number of halogens is 3. The van der Waals surface area contributed by atoms with Crippen LogP contribution in [0.25, 0.3) is 0 Å². The summed E-state index contributed by atoms with van der Waals surface area (Å²) in [6.07, 6.45) is -5.54. The molecule has 0 radical (unpaired) electrons. The maximum atomic E-state index is 13.5. The van der Waals surface area contributed by atoms with Crippen molar-refractivity contribution < 1.29 is 32.2 Å². The van der Waals surface area contributed by atoms with Gasteiger partial charge < -0.3 is 9.47 Å². The lowest BCUT2D eigenvalue weighted by molar-refractivity contribution is -0.138. The predicted octanol–water partition coefficient (Wildman–Crippen LogP) is 3.83. The number of esters is 1. The molecule has 38 heavy (non-hydrogen) atoms. The molecule has 0 fully saturated rings. The fraction of sp³-hybridized carbons (Fsp3) is 0.208. The second-order valence-electron chi connectivity index (χ2n) is 8.01. The van der Waals surface area contributed by atoms with E-state index in [0.717, 1.165) is 30.9 Å². The highest BCUT2D eigenvalue weighted by Crippen LogP contribution is 2.44. The van der Waals surface area contributed by atoms with Crippen LogP contribution in [-0.4, -0.2) is 41.0 Å². The third-order valence-electron chi connectivity index (χ3n) is 5.88. The van der Waals surface area contributed by atoms with Gasteiger partial charge in [-0.15, -0.1) is 5.10 Å². The van der Waals surface area contributed by atoms with E-state index >= 15 is 0 Å². The molecular formula is C24H19F3N6O5. The van der Waals surface area contributed by atoms with E-state index in [4.69, 9.17) is 4.74 Å². The van der Waals surface area contributed by atoms with Gasteiger partial charge in [0.05, 0.1) is 42.7 Å². The van der Waals surface area contributed by atoms with Gasteiger partial charge in [0.25, 0.3) is 0 Å². The number of rotatable bonds is 4. The lowest BCUT2D eigenvalue weighted by atomic mass is 9.92. The average Bonchev–Trinajstić information content (AvgIpc) is 3.27. The number of nitrogens with one attached hydrogen (secondary N) is 2. The molecule has 2 aromatic carbocycles. The molecule has 196 valence electrons. The van der Waals surface area contributed by atoms with Crippen molar-refractivity contribution in [3.8, 4) is 6.07 Å². The Labute approximate surface area is 212 Å². The fourth-order valence-electron chi connectivity index (χ4n) is 4.21. The van der Waals surface area contributed by atoms with Crippen molar-refractivity contribution >= 4 is 29.4 Å². The minimum Gasteiger partial charge on any atom is -0.466 e. The largest absolute Gasteiger partial charge is 0.466 e. The molecule has 0 saturated heterocycles. The van der Waals surface area contributed by atoms with E-state index in [2.05, 4.69) is 20.3 Å². The molecule has 1 unspecified atom stereocenters. The number of nitriles is 1. The summed E-state index contributed by atoms with van der Waals surface area (Å²) in [5.74, 6) is -1.02. The number of hydrogen-bond donors (Lipinski definition) is 2. The summed E-state index contributed by atoms with van der Waals surface area (Å²) in [6, 6.07) is 9.11. The molecule has 14 heteroatoms. The van der Waals surface area contributed by atoms with Crippen LogP contribution < -0.4 is 15.9 Å². The van der Waals surface area contributed by atoms with Gasteiger partial charge in [0, 0.05) is 16.9 Å². The summed E-state index contributed by atoms with van der Waals surface area (Å²) in [7, 11) is 2.23. The predicted molar refractivity (Wildman–Crippen MR) is 126 cm³/mol. The van der Waals surface area contributed by atoms with E-state index in [9.17, 15) is 32.8 Å². The Morgan fingerprint density at radius 1 is 1.16 bits per heavy atom. The Hall–Kier alpha value is -5.06. The van der Waals surface area contributed by atoms with Gasteiger partial charge in [0.2, 0.25) is 5.95 Å². The second-order valence-corrected chi connectivity index (χ2v) is 8.01. The highest BCUT2D eigenvalue weighted by molar-refractivity contribution is 5.95. The number of aromatic nitrogens is 3. The maximum Gasteiger partial charge on any atom is 0.416 e. The van der Waals surface area contributed by atoms with Crippen molar-refractivity contribution in [2.24, 2.45) is 0 Å². The van der Waals surface area contributed by atoms with E-state index in [1.165, 1.54) is 42.2 Å². The van der Waals surface area contributed by atoms with Crippen molar-refractivity contribution in [1.82, 2.24) is 14.8 Å². The molecule has 1 atom stereocenters. The van der Waals surface area contributed by atoms with Gasteiger partial charge in [0.1, 0.15) is 6.04 Å². The maximum absolute atomic E-state index is 13.5. The van der Waals surface area contributed by atoms with Crippen LogP contribution in [0.15, 0.2) is 58.5 Å². The molecule has 4 rings (SSSR count). The normalized spacial score (nSPS) is 15.0. The smallest absolute Gasteiger partial charge is 0.416 e. The first-order chi connectivity index (χ1) is 18.0. The molecule has 2 heterocycles. The van der Waals surface area contributed by atoms with Gasteiger partial charge in [0.15, 0.2) is 0 Å². The number of methoxy groups -OCH3 is 2. The highest BCUT2D eigenvalue weighted by Gasteiger charge is 2.41. The van der Waals surface area contributed by atoms with E-state index in [1.54, 1.807) is 0 Å². The minimum atomic E-state index is -4.65. The Morgan fingerprint density at radius 2 is 1.89 bits per heavy atom. The number of anilines is 3. The number of carbonyl (C=O) groups excluding carboxylic acids is 2. The Morgan fingerprint density at radius 3 is 2.53 bits per heavy atom. The van der Waals surface area contributed by atoms with Crippen LogP contribution in [0.3, 0.4) is 0 Å². The molecule has 1 aliphatic rings. The molecule has 1 aliphatic heterocycles. The van der Waals surface area contributed by atoms with Crippen LogP contribution >= 0.6 is 0 Å². The van der Waals surface area contributed by atoms with Crippen molar-refractivity contribution in [3.05, 3.63) is 80.9 Å². The van der Waals surface area contributed by atoms with Gasteiger partial charge in [-0.25, -0.2) is 24.0 Å². The van der Waals surface area contributed by atoms with Crippen LogP contribution in [0, 0.1) is 11.3 Å². The number of amides is 1. The fourth-order valence-corrected chi connectivity index (χ4v) is 4.21. The number of benzene rings is 2. The second kappa shape index (κ2) is 9.77. The molecule has 3 aromatic rings. The molecule has 1 amide bonds. The number of alkyl halides is 3. The zero-order valence-electron chi connectivity index (χ0n) is 20.1. The van der Waals surface area contributed by atoms with Gasteiger partial charge in [-0.2, -0.15) is 18.4 Å². The van der Waals surface area contributed by atoms with Crippen molar-refractivity contribution in [2.75, 3.05) is 24.4 Å². The number of allylic oxidation sites excluding steroid dienone is 1. The topological polar surface area (TPSA) is 142 Å². The number of fused-ring (bicyclic) bond motifs is 1. The minimum absolute atomic E-state index is 0.0230. The first kappa shape index (κ1) is 26.0. The first-order valence-corrected chi connectivity index (χ1v) is 10.8. The van der Waals surface area contributed by atoms with Crippen LogP contribution in [0.4, 0.5) is 35.3 Å². The van der Waals surface area contributed by atoms with Gasteiger partial charge in [-0.3, -0.25) is 10.2 Å². The average molecular weight is 528 g/mol. The molecule has 0 bridgehead atoms. The zero-order chi connectivity index (χ0) is 27.8. The van der Waals surface area contributed by atoms with Crippen LogP contribution in [0.5, 0.6) is 0 Å². The van der Waals surface area contributed by atoms with Crippen molar-refractivity contribution in [1.29, 1.82) is 5.26 Å². The number of aromatic amines is 1. The highest BCUT2D eigenvalue weighted by atomic mass is 19.4. The Bertz CT molecular complexity index is 1570. The number of H-pyrrole nitrogens is 1. The number of nitrogens with zero attached hydrogens (tertiary/aromatic N) is 4. The lowest BCUT2D eigenvalue weighted by Gasteiger charge is -2.36. The summed E-state index contributed by atoms with van der Waals surface area (Å²) < 4.78 is 51.1. The number of ether oxygens (including phenoxy) is 2. The summed E-state index contributed by atoms with van der Waals surface area (Å²) in [5.41, 5.74) is -1.41. The van der Waals surface area contributed by atoms with Gasteiger partial charge in [-0.1, -0.05) is 12.1 Å². The van der Waals surface area contributed by atoms with Gasteiger partial charge in [-0.05, 0) is 37.3 Å². The Kier molecular flexibility index (Phi) is 6.69. The van der Waals surface area contributed by atoms with Crippen LogP contribution in [0.1, 0.15) is 29.7 Å². The summed E-state index contributed by atoms with van der Waals surface area (Å²) >= 11 is 0. The standard InChI is InChI=1S/C24H19F3N6O5/c1-12-18(20(34)37-2)19(16-8-7-13(11-28)9-17(16)29-23(36)38-3)33-21(30-31-22(33)35)32(12)15-6-4-5-14(10-15)24(25,26)27/h4-10,19H,1-3H3,(H,29,36)(H,31,35). The van der Waals surface area contributed by atoms with Gasteiger partial charge >= 0.3 is 23.9 Å². The number of hydrogen-bond acceptors (Lipinski definition) is 8. The first-order valence-electron chi connectivity index (χ1n) is 10.8. The Balaban J connectivity index is 2.03. The third kappa shape index (κ3) is 4.45. The summed E-state index contributed by atoms with van der Waals surface area (Å²) in [5, 5.41) is 18.1. The molecule has 2 N–H and O–H groups in total. The van der Waals surface area contributed by atoms with E-state index in [0.29, 0.717) is 0 Å². The van der Waals surface area contributed by atoms with E-state index in [1.807, 2.05) is 6.07 Å². The van der Waals surface area contributed by atoms with E-state index in [-0.39, 0.29) is 39.7 Å². The molecule has 11 nitrogen and oxygen atoms in total. The van der Waals surface area contributed by atoms with Crippen LogP contribution in [-0.2, 0) is 20.4 Å². The quantitative estimate of drug-likeness (QED) is 0.487. The molecular weight excluding hydrogens is 509 g/mol. The number of carbonyl (C=O) groups is 2.